The molecule has 1 heterocycles. The van der Waals surface area contributed by atoms with Gasteiger partial charge in [0.2, 0.25) is 0 Å². The number of hydrogen-bond donors (Lipinski definition) is 0. The van der Waals surface area contributed by atoms with Gasteiger partial charge in [-0.15, -0.1) is 0 Å². The van der Waals surface area contributed by atoms with E-state index in [0.29, 0.717) is 39.0 Å². The molecule has 0 saturated heterocycles. The van der Waals surface area contributed by atoms with Gasteiger partial charge in [0.1, 0.15) is 11.3 Å². The van der Waals surface area contributed by atoms with Crippen molar-refractivity contribution in [3.63, 3.8) is 0 Å². The minimum atomic E-state index is -0.457. The van der Waals surface area contributed by atoms with Gasteiger partial charge in [0.15, 0.2) is 0 Å². The summed E-state index contributed by atoms with van der Waals surface area (Å²) < 4.78 is 81.2. The third-order valence-electron chi connectivity index (χ3n) is 10.5. The molecule has 11 aromatic rings. The average molecular weight is 681 g/mol. The summed E-state index contributed by atoms with van der Waals surface area (Å²) >= 11 is 0. The second-order valence-corrected chi connectivity index (χ2v) is 13.4. The van der Waals surface area contributed by atoms with E-state index in [-0.39, 0.29) is 51.3 Å². The summed E-state index contributed by atoms with van der Waals surface area (Å²) in [4.78, 5) is 0. The summed E-state index contributed by atoms with van der Waals surface area (Å²) in [5.41, 5.74) is 4.56. The first-order valence-corrected chi connectivity index (χ1v) is 17.6. The van der Waals surface area contributed by atoms with Crippen molar-refractivity contribution in [1.29, 1.82) is 0 Å². The maximum atomic E-state index is 9.63. The van der Waals surface area contributed by atoms with Gasteiger partial charge in [-0.3, -0.25) is 0 Å². The molecule has 246 valence electrons. The molecule has 0 N–H and O–H groups in total. The van der Waals surface area contributed by atoms with Crippen LogP contribution >= 0.6 is 0 Å². The van der Waals surface area contributed by atoms with Crippen molar-refractivity contribution in [3.8, 4) is 44.7 Å². The Morgan fingerprint density at radius 3 is 1.74 bits per heavy atom. The van der Waals surface area contributed by atoms with Crippen LogP contribution in [0.3, 0.4) is 0 Å². The zero-order chi connectivity index (χ0) is 41.8. The largest absolute Gasteiger partial charge is 0.455 e. The lowest BCUT2D eigenvalue weighted by atomic mass is 9.84. The van der Waals surface area contributed by atoms with Gasteiger partial charge in [-0.25, -0.2) is 0 Å². The van der Waals surface area contributed by atoms with E-state index in [1.807, 2.05) is 115 Å². The molecule has 0 radical (unpaired) electrons. The molecule has 0 fully saturated rings. The molecule has 0 aliphatic heterocycles. The number of benzene rings is 10. The van der Waals surface area contributed by atoms with Crippen molar-refractivity contribution in [1.82, 2.24) is 0 Å². The van der Waals surface area contributed by atoms with Crippen LogP contribution in [-0.4, -0.2) is 0 Å². The molecule has 0 bridgehead atoms. The molecular formula is C52H32O. The maximum absolute atomic E-state index is 9.63. The van der Waals surface area contributed by atoms with Gasteiger partial charge in [-0.1, -0.05) is 176 Å². The molecule has 0 saturated carbocycles. The summed E-state index contributed by atoms with van der Waals surface area (Å²) in [5.74, 6) is 0.410. The third kappa shape index (κ3) is 4.64. The zero-order valence-corrected chi connectivity index (χ0v) is 28.3. The number of fused-ring (bicyclic) bond motifs is 7. The van der Waals surface area contributed by atoms with E-state index in [0.717, 1.165) is 43.4 Å². The Hall–Kier alpha value is -6.96. The molecule has 1 nitrogen and oxygen atoms in total. The second kappa shape index (κ2) is 11.8. The molecule has 10 aromatic carbocycles. The lowest BCUT2D eigenvalue weighted by Gasteiger charge is -2.19. The van der Waals surface area contributed by atoms with Crippen LogP contribution in [0.4, 0.5) is 0 Å². The Morgan fingerprint density at radius 1 is 0.340 bits per heavy atom. The van der Waals surface area contributed by atoms with E-state index in [1.165, 1.54) is 0 Å². The second-order valence-electron chi connectivity index (χ2n) is 13.4. The maximum Gasteiger partial charge on any atom is 0.143 e. The van der Waals surface area contributed by atoms with Gasteiger partial charge < -0.3 is 4.42 Å². The van der Waals surface area contributed by atoms with E-state index >= 15 is 0 Å². The van der Waals surface area contributed by atoms with Crippen LogP contribution in [0.15, 0.2) is 198 Å². The van der Waals surface area contributed by atoms with Crippen LogP contribution in [0, 0.1) is 0 Å². The van der Waals surface area contributed by atoms with Crippen molar-refractivity contribution in [2.75, 3.05) is 0 Å². The highest BCUT2D eigenvalue weighted by Gasteiger charge is 2.24. The predicted octanol–water partition coefficient (Wildman–Crippen LogP) is 14.9. The first-order chi connectivity index (χ1) is 29.6. The highest BCUT2D eigenvalue weighted by Crippen LogP contribution is 2.50. The van der Waals surface area contributed by atoms with Gasteiger partial charge in [0.25, 0.3) is 0 Å². The molecule has 53 heavy (non-hydrogen) atoms. The van der Waals surface area contributed by atoms with Crippen LogP contribution in [-0.2, 0) is 0 Å². The minimum absolute atomic E-state index is 0.133. The number of rotatable bonds is 4. The van der Waals surface area contributed by atoms with Crippen LogP contribution < -0.4 is 0 Å². The lowest BCUT2D eigenvalue weighted by molar-refractivity contribution is 0.632. The van der Waals surface area contributed by atoms with Crippen LogP contribution in [0.25, 0.3) is 110 Å². The Labute approximate surface area is 318 Å². The Morgan fingerprint density at radius 2 is 0.943 bits per heavy atom. The highest BCUT2D eigenvalue weighted by molar-refractivity contribution is 6.25. The van der Waals surface area contributed by atoms with Crippen molar-refractivity contribution < 1.29 is 15.4 Å². The lowest BCUT2D eigenvalue weighted by Crippen LogP contribution is -1.92. The summed E-state index contributed by atoms with van der Waals surface area (Å²) in [6.07, 6.45) is 0. The van der Waals surface area contributed by atoms with E-state index in [9.17, 15) is 5.48 Å². The third-order valence-corrected chi connectivity index (χ3v) is 10.5. The smallest absolute Gasteiger partial charge is 0.143 e. The normalized spacial score (nSPS) is 13.9. The fourth-order valence-electron chi connectivity index (χ4n) is 8.13. The highest BCUT2D eigenvalue weighted by atomic mass is 16.3. The summed E-state index contributed by atoms with van der Waals surface area (Å²) in [6, 6.07) is 44.5. The van der Waals surface area contributed by atoms with Crippen molar-refractivity contribution in [2.24, 2.45) is 0 Å². The topological polar surface area (TPSA) is 13.1 Å². The zero-order valence-electron chi connectivity index (χ0n) is 36.3. The molecule has 0 unspecified atom stereocenters. The molecule has 0 aliphatic carbocycles. The molecule has 1 aromatic heterocycles. The number of furan rings is 1. The summed E-state index contributed by atoms with van der Waals surface area (Å²) in [6.45, 7) is 0. The molecule has 11 rings (SSSR count). The molecule has 1 heteroatoms. The van der Waals surface area contributed by atoms with Crippen molar-refractivity contribution in [2.45, 2.75) is 0 Å². The van der Waals surface area contributed by atoms with Crippen LogP contribution in [0.2, 0.25) is 0 Å². The van der Waals surface area contributed by atoms with Gasteiger partial charge in [-0.05, 0) is 94.3 Å². The van der Waals surface area contributed by atoms with E-state index in [4.69, 9.17) is 9.90 Å². The van der Waals surface area contributed by atoms with Crippen molar-refractivity contribution in [3.05, 3.63) is 194 Å². The van der Waals surface area contributed by atoms with Gasteiger partial charge in [-0.2, -0.15) is 0 Å². The Balaban J connectivity index is 1.31. The fraction of sp³-hybridized carbons (Fsp3) is 0. The molecule has 0 spiro atoms. The summed E-state index contributed by atoms with van der Waals surface area (Å²) in [5, 5.41) is 7.52. The quantitative estimate of drug-likeness (QED) is 0.133. The fourth-order valence-corrected chi connectivity index (χ4v) is 8.13. The summed E-state index contributed by atoms with van der Waals surface area (Å²) in [7, 11) is 0. The SMILES string of the molecule is [2H]c1c([2H])c([2H])c2c(-c3c(-c4ccc5ccccc5c4)oc4ccccc34)c3c([2H])c([2H])c([2H])c([2H])c3c(-c3cccc(-c4cccc5c4ccc4ccccc45)c3)c2c1[2H]. The van der Waals surface area contributed by atoms with Crippen LogP contribution in [0.5, 0.6) is 0 Å². The van der Waals surface area contributed by atoms with Gasteiger partial charge >= 0.3 is 0 Å². The standard InChI is InChI=1S/C52H32O/c1-2-15-35-31-38(28-27-33(35)13-1)52-51(47-23-9-10-26-48(47)53-52)50-45-21-7-5-19-43(45)49(44-20-6-8-22-46(44)50)37-17-11-16-36(32-37)40-24-12-25-41-39-18-4-3-14-34(39)29-30-42(40)41/h1-32H/i5D,6D,7D,8D,19D,20D,21D,22D. The molecular weight excluding hydrogens is 641 g/mol. The Bertz CT molecular complexity index is 3620. The first-order valence-electron chi connectivity index (χ1n) is 21.6. The number of para-hydroxylation sites is 1. The van der Waals surface area contributed by atoms with E-state index in [2.05, 4.69) is 30.3 Å². The Kier molecular flexibility index (Phi) is 5.07. The van der Waals surface area contributed by atoms with Gasteiger partial charge in [0.05, 0.1) is 11.0 Å². The average Bonchev–Trinajstić information content (AvgIpc) is 3.69. The monoisotopic (exact) mass is 680 g/mol. The molecule has 0 aliphatic rings. The van der Waals surface area contributed by atoms with Gasteiger partial charge in [0, 0.05) is 22.1 Å². The van der Waals surface area contributed by atoms with Crippen LogP contribution in [0.1, 0.15) is 11.0 Å². The minimum Gasteiger partial charge on any atom is -0.455 e. The molecule has 0 amide bonds. The predicted molar refractivity (Wildman–Crippen MR) is 225 cm³/mol. The number of hydrogen-bond acceptors (Lipinski definition) is 1. The first kappa shape index (κ1) is 22.8. The van der Waals surface area contributed by atoms with E-state index < -0.39 is 24.2 Å². The van der Waals surface area contributed by atoms with Crippen molar-refractivity contribution >= 4 is 64.8 Å². The van der Waals surface area contributed by atoms with E-state index in [1.54, 1.807) is 0 Å². The molecule has 0 atom stereocenters.